The van der Waals surface area contributed by atoms with Crippen LogP contribution in [0.1, 0.15) is 17.4 Å². The minimum atomic E-state index is -1.01. The van der Waals surface area contributed by atoms with E-state index in [4.69, 9.17) is 0 Å². The summed E-state index contributed by atoms with van der Waals surface area (Å²) in [5.74, 6) is -2.55. The van der Waals surface area contributed by atoms with E-state index in [-0.39, 0.29) is 21.9 Å². The van der Waals surface area contributed by atoms with Crippen molar-refractivity contribution in [1.82, 2.24) is 14.8 Å². The van der Waals surface area contributed by atoms with Crippen molar-refractivity contribution in [3.05, 3.63) is 64.1 Å². The van der Waals surface area contributed by atoms with Gasteiger partial charge in [-0.2, -0.15) is 5.10 Å². The van der Waals surface area contributed by atoms with Gasteiger partial charge in [-0.3, -0.25) is 14.9 Å². The molecule has 0 bridgehead atoms. The number of rotatable bonds is 3. The van der Waals surface area contributed by atoms with E-state index in [0.29, 0.717) is 22.0 Å². The number of halogens is 2. The number of carbonyl (C=O) groups excluding carboxylic acids is 1. The fraction of sp³-hybridized carbons (Fsp3) is 0.111. The van der Waals surface area contributed by atoms with E-state index in [1.807, 2.05) is 0 Å². The molecule has 0 aliphatic carbocycles. The molecule has 0 saturated carbocycles. The molecule has 1 N–H and O–H groups in total. The molecule has 0 fully saturated rings. The Hall–Kier alpha value is -3.20. The van der Waals surface area contributed by atoms with Crippen molar-refractivity contribution in [2.24, 2.45) is 0 Å². The van der Waals surface area contributed by atoms with E-state index >= 15 is 0 Å². The van der Waals surface area contributed by atoms with Gasteiger partial charge in [-0.1, -0.05) is 29.5 Å². The van der Waals surface area contributed by atoms with Crippen molar-refractivity contribution in [2.45, 2.75) is 13.5 Å². The van der Waals surface area contributed by atoms with E-state index in [1.165, 1.54) is 4.68 Å². The third kappa shape index (κ3) is 2.95. The van der Waals surface area contributed by atoms with Crippen LogP contribution in [0.5, 0.6) is 0 Å². The molecule has 4 rings (SSSR count). The Morgan fingerprint density at radius 2 is 1.89 bits per heavy atom. The van der Waals surface area contributed by atoms with Crippen LogP contribution >= 0.6 is 11.3 Å². The molecular weight excluding hydrogens is 374 g/mol. The average molecular weight is 386 g/mol. The lowest BCUT2D eigenvalue weighted by molar-refractivity contribution is 0.102. The first-order valence-electron chi connectivity index (χ1n) is 8.04. The van der Waals surface area contributed by atoms with Gasteiger partial charge >= 0.3 is 0 Å². The van der Waals surface area contributed by atoms with Crippen LogP contribution in [-0.2, 0) is 6.54 Å². The van der Waals surface area contributed by atoms with Crippen molar-refractivity contribution in [2.75, 3.05) is 5.32 Å². The van der Waals surface area contributed by atoms with Crippen molar-refractivity contribution >= 4 is 43.4 Å². The molecular formula is C18H12F2N4O2S. The fourth-order valence-corrected chi connectivity index (χ4v) is 3.62. The molecule has 6 nitrogen and oxygen atoms in total. The van der Waals surface area contributed by atoms with Gasteiger partial charge in [0, 0.05) is 18.0 Å². The second-order valence-corrected chi connectivity index (χ2v) is 6.75. The summed E-state index contributed by atoms with van der Waals surface area (Å²) in [5, 5.41) is 7.72. The van der Waals surface area contributed by atoms with E-state index < -0.39 is 17.5 Å². The minimum absolute atomic E-state index is 0.0728. The van der Waals surface area contributed by atoms with E-state index in [0.717, 1.165) is 23.5 Å². The maximum atomic E-state index is 13.4. The maximum Gasteiger partial charge on any atom is 0.278 e. The number of benzene rings is 2. The molecule has 0 aliphatic rings. The molecule has 9 heteroatoms. The molecule has 1 amide bonds. The second kappa shape index (κ2) is 6.51. The largest absolute Gasteiger partial charge is 0.296 e. The van der Waals surface area contributed by atoms with Crippen molar-refractivity contribution < 1.29 is 13.6 Å². The van der Waals surface area contributed by atoms with Crippen LogP contribution in [0.2, 0.25) is 0 Å². The van der Waals surface area contributed by atoms with Crippen molar-refractivity contribution in [1.29, 1.82) is 0 Å². The predicted octanol–water partition coefficient (Wildman–Crippen LogP) is 3.56. The van der Waals surface area contributed by atoms with Crippen molar-refractivity contribution in [3.8, 4) is 0 Å². The second-order valence-electron chi connectivity index (χ2n) is 5.72. The zero-order chi connectivity index (χ0) is 19.1. The molecule has 2 aromatic heterocycles. The number of hydrogen-bond acceptors (Lipinski definition) is 5. The molecule has 4 aromatic rings. The van der Waals surface area contributed by atoms with Gasteiger partial charge in [-0.05, 0) is 19.1 Å². The van der Waals surface area contributed by atoms with E-state index in [1.54, 1.807) is 31.2 Å². The monoisotopic (exact) mass is 386 g/mol. The maximum absolute atomic E-state index is 13.4. The van der Waals surface area contributed by atoms with Gasteiger partial charge in [-0.15, -0.1) is 0 Å². The summed E-state index contributed by atoms with van der Waals surface area (Å²) in [6, 6.07) is 8.69. The lowest BCUT2D eigenvalue weighted by atomic mass is 10.1. The molecule has 0 saturated heterocycles. The predicted molar refractivity (Wildman–Crippen MR) is 99.2 cm³/mol. The van der Waals surface area contributed by atoms with Gasteiger partial charge in [0.05, 0.1) is 15.6 Å². The van der Waals surface area contributed by atoms with Gasteiger partial charge < -0.3 is 0 Å². The van der Waals surface area contributed by atoms with Crippen LogP contribution in [0.4, 0.5) is 13.9 Å². The highest BCUT2D eigenvalue weighted by molar-refractivity contribution is 7.22. The van der Waals surface area contributed by atoms with Crippen molar-refractivity contribution in [3.63, 3.8) is 0 Å². The summed E-state index contributed by atoms with van der Waals surface area (Å²) >= 11 is 1.02. The number of nitrogens with one attached hydrogen (secondary N) is 1. The summed E-state index contributed by atoms with van der Waals surface area (Å²) in [4.78, 5) is 29.2. The number of nitrogens with zero attached hydrogens (tertiary/aromatic N) is 3. The number of aromatic nitrogens is 3. The first-order valence-corrected chi connectivity index (χ1v) is 8.86. The highest BCUT2D eigenvalue weighted by atomic mass is 32.1. The van der Waals surface area contributed by atoms with Gasteiger partial charge in [0.1, 0.15) is 0 Å². The quantitative estimate of drug-likeness (QED) is 0.584. The number of anilines is 1. The molecule has 0 aliphatic heterocycles. The Bertz CT molecular complexity index is 1230. The van der Waals surface area contributed by atoms with Gasteiger partial charge in [0.25, 0.3) is 11.5 Å². The normalized spacial score (nSPS) is 11.2. The van der Waals surface area contributed by atoms with Crippen LogP contribution in [0.25, 0.3) is 21.0 Å². The molecule has 0 spiro atoms. The lowest BCUT2D eigenvalue weighted by Gasteiger charge is -2.08. The summed E-state index contributed by atoms with van der Waals surface area (Å²) in [7, 11) is 0. The first kappa shape index (κ1) is 17.2. The van der Waals surface area contributed by atoms with E-state index in [9.17, 15) is 18.4 Å². The lowest BCUT2D eigenvalue weighted by Crippen LogP contribution is -2.27. The first-order chi connectivity index (χ1) is 13.0. The Labute approximate surface area is 155 Å². The number of fused-ring (bicyclic) bond motifs is 2. The zero-order valence-electron chi connectivity index (χ0n) is 14.0. The molecule has 0 atom stereocenters. The number of aryl methyl sites for hydroxylation is 1. The molecule has 0 unspecified atom stereocenters. The molecule has 2 aromatic carbocycles. The molecule has 27 heavy (non-hydrogen) atoms. The SMILES string of the molecule is CCn1nc(C(=O)Nc2nc3cc(F)c(F)cc3s2)c2ccccc2c1=O. The number of amides is 1. The standard InChI is InChI=1S/C18H12F2N4O2S/c1-2-24-17(26)10-6-4-3-5-9(10)15(23-24)16(25)22-18-21-13-7-11(19)12(20)8-14(13)27-18/h3-8H,2H2,1H3,(H,21,22,25). The van der Waals surface area contributed by atoms with Crippen LogP contribution in [0, 0.1) is 11.6 Å². The topological polar surface area (TPSA) is 76.9 Å². The fourth-order valence-electron chi connectivity index (χ4n) is 2.75. The number of hydrogen-bond donors (Lipinski definition) is 1. The summed E-state index contributed by atoms with van der Waals surface area (Å²) in [6.45, 7) is 2.06. The Kier molecular flexibility index (Phi) is 4.15. The Balaban J connectivity index is 1.77. The number of carbonyl (C=O) groups is 1. The summed E-state index contributed by atoms with van der Waals surface area (Å²) in [5.41, 5.74) is 0.0322. The smallest absolute Gasteiger partial charge is 0.278 e. The van der Waals surface area contributed by atoms with Gasteiger partial charge in [0.15, 0.2) is 22.5 Å². The molecule has 136 valence electrons. The van der Waals surface area contributed by atoms with Crippen LogP contribution in [0.15, 0.2) is 41.2 Å². The third-order valence-corrected chi connectivity index (χ3v) is 4.97. The summed E-state index contributed by atoms with van der Waals surface area (Å²) < 4.78 is 28.3. The van der Waals surface area contributed by atoms with Crippen LogP contribution in [0.3, 0.4) is 0 Å². The average Bonchev–Trinajstić information content (AvgIpc) is 3.03. The Morgan fingerprint density at radius 1 is 1.19 bits per heavy atom. The third-order valence-electron chi connectivity index (χ3n) is 4.03. The van der Waals surface area contributed by atoms with E-state index in [2.05, 4.69) is 15.4 Å². The zero-order valence-corrected chi connectivity index (χ0v) is 14.8. The van der Waals surface area contributed by atoms with Gasteiger partial charge in [-0.25, -0.2) is 18.4 Å². The highest BCUT2D eigenvalue weighted by Crippen LogP contribution is 2.28. The summed E-state index contributed by atoms with van der Waals surface area (Å²) in [6.07, 6.45) is 0. The minimum Gasteiger partial charge on any atom is -0.296 e. The Morgan fingerprint density at radius 3 is 2.63 bits per heavy atom. The molecule has 2 heterocycles. The van der Waals surface area contributed by atoms with Crippen LogP contribution in [-0.4, -0.2) is 20.7 Å². The molecule has 0 radical (unpaired) electrons. The highest BCUT2D eigenvalue weighted by Gasteiger charge is 2.18. The number of thiazole rings is 1. The van der Waals surface area contributed by atoms with Gasteiger partial charge in [0.2, 0.25) is 0 Å². The van der Waals surface area contributed by atoms with Crippen LogP contribution < -0.4 is 10.9 Å².